The van der Waals surface area contributed by atoms with E-state index in [-0.39, 0.29) is 11.7 Å². The molecule has 3 N–H and O–H groups in total. The highest BCUT2D eigenvalue weighted by atomic mass is 19.1. The Morgan fingerprint density at radius 1 is 0.848 bits per heavy atom. The van der Waals surface area contributed by atoms with E-state index in [1.165, 1.54) is 11.6 Å². The van der Waals surface area contributed by atoms with Gasteiger partial charge < -0.3 is 15.6 Å². The Kier molecular flexibility index (Phi) is 7.88. The third kappa shape index (κ3) is 6.30. The lowest BCUT2D eigenvalue weighted by Gasteiger charge is -2.11. The zero-order valence-corrected chi connectivity index (χ0v) is 18.7. The van der Waals surface area contributed by atoms with Crippen LogP contribution in [0, 0.1) is 5.82 Å². The highest BCUT2D eigenvalue weighted by Crippen LogP contribution is 2.19. The first-order chi connectivity index (χ1) is 16.2. The van der Waals surface area contributed by atoms with Crippen molar-refractivity contribution < 1.29 is 9.18 Å². The van der Waals surface area contributed by atoms with Gasteiger partial charge in [0.1, 0.15) is 5.82 Å². The highest BCUT2D eigenvalue weighted by Gasteiger charge is 2.10. The fourth-order valence-corrected chi connectivity index (χ4v) is 4.10. The molecule has 3 aromatic carbocycles. The van der Waals surface area contributed by atoms with Crippen LogP contribution < -0.4 is 10.6 Å². The first kappa shape index (κ1) is 22.7. The number of H-pyrrole nitrogens is 1. The summed E-state index contributed by atoms with van der Waals surface area (Å²) in [6, 6.07) is 22.9. The fraction of sp³-hybridized carbons (Fsp3) is 0.250. The van der Waals surface area contributed by atoms with Gasteiger partial charge in [-0.05, 0) is 73.2 Å². The predicted octanol–water partition coefficient (Wildman–Crippen LogP) is 5.39. The Labute approximate surface area is 194 Å². The summed E-state index contributed by atoms with van der Waals surface area (Å²) >= 11 is 0. The standard InChI is InChI=1S/C28H30FN3O/c29-24-13-14-27-26(18-24)23(20-32-27)15-17-30-19-22-11-4-5-12-25(22)28(33)31-16-7-6-10-21-8-2-1-3-9-21/h1-5,8-9,11-14,18,20,30,32H,6-7,10,15-17,19H2,(H,31,33). The van der Waals surface area contributed by atoms with Gasteiger partial charge in [0.25, 0.3) is 5.91 Å². The average molecular weight is 444 g/mol. The van der Waals surface area contributed by atoms with Crippen LogP contribution in [-0.2, 0) is 19.4 Å². The lowest BCUT2D eigenvalue weighted by Crippen LogP contribution is -2.27. The smallest absolute Gasteiger partial charge is 0.251 e. The largest absolute Gasteiger partial charge is 0.361 e. The summed E-state index contributed by atoms with van der Waals surface area (Å²) < 4.78 is 13.6. The lowest BCUT2D eigenvalue weighted by molar-refractivity contribution is 0.0952. The second-order valence-corrected chi connectivity index (χ2v) is 8.29. The number of benzene rings is 3. The molecule has 4 nitrogen and oxygen atoms in total. The summed E-state index contributed by atoms with van der Waals surface area (Å²) in [6.45, 7) is 2.01. The second-order valence-electron chi connectivity index (χ2n) is 8.29. The van der Waals surface area contributed by atoms with Crippen LogP contribution in [0.4, 0.5) is 4.39 Å². The zero-order chi connectivity index (χ0) is 22.9. The molecule has 0 aliphatic rings. The Morgan fingerprint density at radius 2 is 1.67 bits per heavy atom. The number of amides is 1. The summed E-state index contributed by atoms with van der Waals surface area (Å²) in [5.74, 6) is -0.254. The molecule has 0 aliphatic carbocycles. The van der Waals surface area contributed by atoms with Crippen LogP contribution in [-0.4, -0.2) is 24.0 Å². The topological polar surface area (TPSA) is 56.9 Å². The SMILES string of the molecule is O=C(NCCCCc1ccccc1)c1ccccc1CNCCc1c[nH]c2ccc(F)cc12. The maximum absolute atomic E-state index is 13.6. The zero-order valence-electron chi connectivity index (χ0n) is 18.7. The molecule has 0 bridgehead atoms. The van der Waals surface area contributed by atoms with Crippen LogP contribution in [0.15, 0.2) is 79.0 Å². The molecular weight excluding hydrogens is 413 g/mol. The Hall–Kier alpha value is -3.44. The monoisotopic (exact) mass is 443 g/mol. The minimum atomic E-state index is -0.226. The van der Waals surface area contributed by atoms with Crippen LogP contribution in [0.3, 0.4) is 0 Å². The summed E-state index contributed by atoms with van der Waals surface area (Å²) in [6.07, 6.45) is 5.74. The molecule has 33 heavy (non-hydrogen) atoms. The molecule has 1 heterocycles. The molecule has 0 radical (unpaired) electrons. The Morgan fingerprint density at radius 3 is 2.55 bits per heavy atom. The second kappa shape index (κ2) is 11.4. The maximum atomic E-state index is 13.6. The average Bonchev–Trinajstić information content (AvgIpc) is 3.24. The van der Waals surface area contributed by atoms with E-state index in [2.05, 4.69) is 39.9 Å². The molecule has 4 aromatic rings. The van der Waals surface area contributed by atoms with Crippen molar-refractivity contribution in [2.24, 2.45) is 0 Å². The third-order valence-corrected chi connectivity index (χ3v) is 5.90. The number of carbonyl (C=O) groups excluding carboxylic acids is 1. The van der Waals surface area contributed by atoms with Gasteiger partial charge in [-0.2, -0.15) is 0 Å². The van der Waals surface area contributed by atoms with E-state index in [0.717, 1.165) is 54.3 Å². The Bertz CT molecular complexity index is 1190. The number of fused-ring (bicyclic) bond motifs is 1. The molecule has 0 fully saturated rings. The summed E-state index contributed by atoms with van der Waals surface area (Å²) in [4.78, 5) is 15.9. The van der Waals surface area contributed by atoms with Crippen molar-refractivity contribution in [1.82, 2.24) is 15.6 Å². The first-order valence-corrected chi connectivity index (χ1v) is 11.6. The van der Waals surface area contributed by atoms with Gasteiger partial charge in [0.2, 0.25) is 0 Å². The van der Waals surface area contributed by atoms with Crippen molar-refractivity contribution in [1.29, 1.82) is 0 Å². The molecule has 1 amide bonds. The van der Waals surface area contributed by atoms with Gasteiger partial charge in [-0.1, -0.05) is 48.5 Å². The van der Waals surface area contributed by atoms with E-state index in [1.54, 1.807) is 12.1 Å². The van der Waals surface area contributed by atoms with E-state index in [0.29, 0.717) is 18.7 Å². The number of halogens is 1. The van der Waals surface area contributed by atoms with Gasteiger partial charge in [0.15, 0.2) is 0 Å². The number of rotatable bonds is 11. The number of hydrogen-bond acceptors (Lipinski definition) is 2. The summed E-state index contributed by atoms with van der Waals surface area (Å²) in [5.41, 5.74) is 5.04. The normalized spacial score (nSPS) is 11.1. The number of carbonyl (C=O) groups is 1. The van der Waals surface area contributed by atoms with Crippen LogP contribution >= 0.6 is 0 Å². The van der Waals surface area contributed by atoms with Gasteiger partial charge in [-0.3, -0.25) is 4.79 Å². The van der Waals surface area contributed by atoms with E-state index in [9.17, 15) is 9.18 Å². The number of aryl methyl sites for hydroxylation is 1. The predicted molar refractivity (Wildman–Crippen MR) is 132 cm³/mol. The van der Waals surface area contributed by atoms with Crippen LogP contribution in [0.5, 0.6) is 0 Å². The van der Waals surface area contributed by atoms with Crippen molar-refractivity contribution >= 4 is 16.8 Å². The minimum Gasteiger partial charge on any atom is -0.361 e. The van der Waals surface area contributed by atoms with Gasteiger partial charge in [0.05, 0.1) is 0 Å². The molecule has 170 valence electrons. The molecule has 0 saturated carbocycles. The highest BCUT2D eigenvalue weighted by molar-refractivity contribution is 5.95. The van der Waals surface area contributed by atoms with Crippen molar-refractivity contribution in [2.45, 2.75) is 32.2 Å². The molecule has 0 saturated heterocycles. The molecule has 0 spiro atoms. The molecular formula is C28H30FN3O. The minimum absolute atomic E-state index is 0.0285. The molecule has 1 aromatic heterocycles. The van der Waals surface area contributed by atoms with Crippen LogP contribution in [0.2, 0.25) is 0 Å². The van der Waals surface area contributed by atoms with Gasteiger partial charge in [0, 0.05) is 35.8 Å². The van der Waals surface area contributed by atoms with Gasteiger partial charge in [-0.15, -0.1) is 0 Å². The third-order valence-electron chi connectivity index (χ3n) is 5.90. The van der Waals surface area contributed by atoms with E-state index >= 15 is 0 Å². The molecule has 5 heteroatoms. The lowest BCUT2D eigenvalue weighted by atomic mass is 10.1. The number of unbranched alkanes of at least 4 members (excludes halogenated alkanes) is 1. The fourth-order valence-electron chi connectivity index (χ4n) is 4.10. The van der Waals surface area contributed by atoms with Crippen LogP contribution in [0.1, 0.15) is 39.9 Å². The number of nitrogens with one attached hydrogen (secondary N) is 3. The van der Waals surface area contributed by atoms with E-state index in [4.69, 9.17) is 0 Å². The number of aromatic nitrogens is 1. The summed E-state index contributed by atoms with van der Waals surface area (Å²) in [5, 5.41) is 7.40. The number of aromatic amines is 1. The Balaban J connectivity index is 1.23. The van der Waals surface area contributed by atoms with Crippen molar-refractivity contribution in [2.75, 3.05) is 13.1 Å². The maximum Gasteiger partial charge on any atom is 0.251 e. The summed E-state index contributed by atoms with van der Waals surface area (Å²) in [7, 11) is 0. The van der Waals surface area contributed by atoms with Crippen LogP contribution in [0.25, 0.3) is 10.9 Å². The van der Waals surface area contributed by atoms with Gasteiger partial charge in [-0.25, -0.2) is 4.39 Å². The molecule has 0 atom stereocenters. The van der Waals surface area contributed by atoms with E-state index < -0.39 is 0 Å². The van der Waals surface area contributed by atoms with Gasteiger partial charge >= 0.3 is 0 Å². The van der Waals surface area contributed by atoms with Crippen molar-refractivity contribution in [3.63, 3.8) is 0 Å². The molecule has 0 unspecified atom stereocenters. The molecule has 4 rings (SSSR count). The van der Waals surface area contributed by atoms with Crippen molar-refractivity contribution in [3.8, 4) is 0 Å². The first-order valence-electron chi connectivity index (χ1n) is 11.6. The molecule has 0 aliphatic heterocycles. The number of hydrogen-bond donors (Lipinski definition) is 3. The van der Waals surface area contributed by atoms with E-state index in [1.807, 2.05) is 36.5 Å². The van der Waals surface area contributed by atoms with Crippen molar-refractivity contribution in [3.05, 3.63) is 107 Å². The quantitative estimate of drug-likeness (QED) is 0.272.